The Morgan fingerprint density at radius 2 is 1.72 bits per heavy atom. The zero-order valence-electron chi connectivity index (χ0n) is 16.7. The van der Waals surface area contributed by atoms with Crippen LogP contribution in [0.15, 0.2) is 66.7 Å². The maximum absolute atomic E-state index is 14.3. The molecule has 0 aliphatic rings. The van der Waals surface area contributed by atoms with E-state index in [9.17, 15) is 18.4 Å². The fourth-order valence-electron chi connectivity index (χ4n) is 2.72. The lowest BCUT2D eigenvalue weighted by molar-refractivity contribution is -0.276. The van der Waals surface area contributed by atoms with Crippen molar-refractivity contribution in [2.24, 2.45) is 0 Å². The van der Waals surface area contributed by atoms with Gasteiger partial charge in [0.05, 0.1) is 12.2 Å². The van der Waals surface area contributed by atoms with Gasteiger partial charge in [-0.2, -0.15) is 4.89 Å². The highest BCUT2D eigenvalue weighted by Gasteiger charge is 2.14. The lowest BCUT2D eigenvalue weighted by Crippen LogP contribution is -2.16. The van der Waals surface area contributed by atoms with Gasteiger partial charge in [-0.1, -0.05) is 24.3 Å². The van der Waals surface area contributed by atoms with E-state index in [2.05, 4.69) is 15.1 Å². The number of aliphatic hydroxyl groups excluding tert-OH is 1. The molecule has 166 valence electrons. The van der Waals surface area contributed by atoms with Crippen molar-refractivity contribution >= 4 is 17.6 Å². The van der Waals surface area contributed by atoms with E-state index >= 15 is 0 Å². The first-order chi connectivity index (χ1) is 15.5. The number of ether oxygens (including phenoxy) is 1. The van der Waals surface area contributed by atoms with Crippen LogP contribution in [0.5, 0.6) is 5.75 Å². The lowest BCUT2D eigenvalue weighted by Gasteiger charge is -2.10. The van der Waals surface area contributed by atoms with Gasteiger partial charge in [0.1, 0.15) is 24.0 Å². The Morgan fingerprint density at radius 1 is 0.938 bits per heavy atom. The molecule has 3 rings (SSSR count). The molecular weight excluding hydrogens is 424 g/mol. The van der Waals surface area contributed by atoms with Crippen LogP contribution in [-0.4, -0.2) is 36.8 Å². The second-order valence-electron chi connectivity index (χ2n) is 6.48. The van der Waals surface area contributed by atoms with Crippen molar-refractivity contribution in [3.8, 4) is 16.9 Å². The zero-order valence-corrected chi connectivity index (χ0v) is 16.7. The summed E-state index contributed by atoms with van der Waals surface area (Å²) in [4.78, 5) is 32.9. The highest BCUT2D eigenvalue weighted by molar-refractivity contribution is 6.05. The minimum absolute atomic E-state index is 0.162. The highest BCUT2D eigenvalue weighted by Crippen LogP contribution is 2.24. The first-order valence-corrected chi connectivity index (χ1v) is 9.49. The summed E-state index contributed by atoms with van der Waals surface area (Å²) >= 11 is 0. The first kappa shape index (κ1) is 22.9. The molecule has 0 aromatic heterocycles. The van der Waals surface area contributed by atoms with E-state index < -0.39 is 30.1 Å². The van der Waals surface area contributed by atoms with Crippen LogP contribution in [0.2, 0.25) is 0 Å². The molecule has 0 heterocycles. The number of rotatable bonds is 9. The summed E-state index contributed by atoms with van der Waals surface area (Å²) in [6, 6.07) is 15.8. The second-order valence-corrected chi connectivity index (χ2v) is 6.48. The molecule has 2 N–H and O–H groups in total. The van der Waals surface area contributed by atoms with Gasteiger partial charge in [0.25, 0.3) is 5.91 Å². The minimum Gasteiger partial charge on any atom is -0.482 e. The van der Waals surface area contributed by atoms with Crippen molar-refractivity contribution in [3.63, 3.8) is 0 Å². The van der Waals surface area contributed by atoms with Gasteiger partial charge in [0.2, 0.25) is 0 Å². The van der Waals surface area contributed by atoms with E-state index in [1.54, 1.807) is 24.3 Å². The van der Waals surface area contributed by atoms with Crippen molar-refractivity contribution in [2.45, 2.75) is 0 Å². The predicted molar refractivity (Wildman–Crippen MR) is 111 cm³/mol. The molecule has 3 aromatic carbocycles. The van der Waals surface area contributed by atoms with Crippen molar-refractivity contribution in [2.75, 3.05) is 25.1 Å². The highest BCUT2D eigenvalue weighted by atomic mass is 19.1. The molecule has 7 nitrogen and oxygen atoms in total. The van der Waals surface area contributed by atoms with Crippen LogP contribution in [-0.2, 0) is 14.6 Å². The summed E-state index contributed by atoms with van der Waals surface area (Å²) in [5, 5.41) is 11.1. The van der Waals surface area contributed by atoms with Crippen molar-refractivity contribution in [3.05, 3.63) is 83.9 Å². The number of hydrogen-bond acceptors (Lipinski definition) is 6. The normalized spacial score (nSPS) is 10.5. The molecule has 32 heavy (non-hydrogen) atoms. The summed E-state index contributed by atoms with van der Waals surface area (Å²) in [7, 11) is 0. The number of nitrogens with one attached hydrogen (secondary N) is 1. The third-order valence-electron chi connectivity index (χ3n) is 4.14. The number of amides is 1. The van der Waals surface area contributed by atoms with Gasteiger partial charge in [-0.05, 0) is 47.5 Å². The average Bonchev–Trinajstić information content (AvgIpc) is 2.78. The van der Waals surface area contributed by atoms with Crippen LogP contribution in [0.4, 0.5) is 14.5 Å². The van der Waals surface area contributed by atoms with Gasteiger partial charge in [-0.15, -0.1) is 0 Å². The van der Waals surface area contributed by atoms with E-state index in [-0.39, 0.29) is 24.5 Å². The molecule has 0 unspecified atom stereocenters. The quantitative estimate of drug-likeness (QED) is 0.297. The Kier molecular flexibility index (Phi) is 7.85. The smallest absolute Gasteiger partial charge is 0.379 e. The fraction of sp³-hybridized carbons (Fsp3) is 0.130. The molecular formula is C23H19F2NO6. The molecule has 9 heteroatoms. The summed E-state index contributed by atoms with van der Waals surface area (Å²) < 4.78 is 33.1. The number of carbonyl (C=O) groups is 2. The maximum atomic E-state index is 14.3. The Hall–Kier alpha value is -3.82. The Bertz CT molecular complexity index is 1110. The topological polar surface area (TPSA) is 94.1 Å². The van der Waals surface area contributed by atoms with E-state index in [0.29, 0.717) is 16.8 Å². The van der Waals surface area contributed by atoms with Gasteiger partial charge in [-0.3, -0.25) is 9.68 Å². The van der Waals surface area contributed by atoms with E-state index in [1.807, 2.05) is 0 Å². The molecule has 1 amide bonds. The largest absolute Gasteiger partial charge is 0.482 e. The Morgan fingerprint density at radius 3 is 2.50 bits per heavy atom. The number of anilines is 1. The van der Waals surface area contributed by atoms with Gasteiger partial charge >= 0.3 is 5.97 Å². The average molecular weight is 443 g/mol. The Labute approximate surface area is 182 Å². The second kappa shape index (κ2) is 11.0. The van der Waals surface area contributed by atoms with Crippen LogP contribution < -0.4 is 10.1 Å². The molecule has 0 spiro atoms. The molecule has 0 fully saturated rings. The third kappa shape index (κ3) is 6.34. The molecule has 0 saturated heterocycles. The van der Waals surface area contributed by atoms with Crippen molar-refractivity contribution in [1.29, 1.82) is 0 Å². The van der Waals surface area contributed by atoms with Crippen LogP contribution in [0.3, 0.4) is 0 Å². The summed E-state index contributed by atoms with van der Waals surface area (Å²) in [6.07, 6.45) is 0. The van der Waals surface area contributed by atoms with Crippen LogP contribution >= 0.6 is 0 Å². The first-order valence-electron chi connectivity index (χ1n) is 9.49. The molecule has 0 saturated carbocycles. The monoisotopic (exact) mass is 443 g/mol. The van der Waals surface area contributed by atoms with E-state index in [0.717, 1.165) is 6.07 Å². The third-order valence-corrected chi connectivity index (χ3v) is 4.14. The van der Waals surface area contributed by atoms with Crippen molar-refractivity contribution < 1.29 is 38.0 Å². The van der Waals surface area contributed by atoms with Crippen LogP contribution in [0.1, 0.15) is 10.4 Å². The molecule has 3 aromatic rings. The maximum Gasteiger partial charge on any atom is 0.379 e. The SMILES string of the molecule is O=C(COc1cccc(NC(=O)c2cc(-c3cccc(F)c3)ccc2F)c1)OOCCO. The number of hydrogen-bond donors (Lipinski definition) is 2. The number of aliphatic hydroxyl groups is 1. The number of halogens is 2. The molecule has 0 bridgehead atoms. The Balaban J connectivity index is 1.68. The van der Waals surface area contributed by atoms with E-state index in [4.69, 9.17) is 9.84 Å². The summed E-state index contributed by atoms with van der Waals surface area (Å²) in [6.45, 7) is -0.932. The fourth-order valence-corrected chi connectivity index (χ4v) is 2.72. The van der Waals surface area contributed by atoms with Gasteiger partial charge in [0.15, 0.2) is 6.61 Å². The predicted octanol–water partition coefficient (Wildman–Crippen LogP) is 3.73. The lowest BCUT2D eigenvalue weighted by atomic mass is 10.0. The van der Waals surface area contributed by atoms with E-state index in [1.165, 1.54) is 36.4 Å². The van der Waals surface area contributed by atoms with Gasteiger partial charge < -0.3 is 15.2 Å². The summed E-state index contributed by atoms with van der Waals surface area (Å²) in [5.41, 5.74) is 1.06. The molecule has 0 aliphatic heterocycles. The summed E-state index contributed by atoms with van der Waals surface area (Å²) in [5.74, 6) is -2.46. The molecule has 0 aliphatic carbocycles. The minimum atomic E-state index is -0.816. The van der Waals surface area contributed by atoms with Gasteiger partial charge in [0, 0.05) is 11.8 Å². The zero-order chi connectivity index (χ0) is 22.9. The number of carbonyl (C=O) groups excluding carboxylic acids is 2. The van der Waals surface area contributed by atoms with Crippen molar-refractivity contribution in [1.82, 2.24) is 0 Å². The standard InChI is InChI=1S/C23H19F2NO6/c24-17-4-1-3-15(11-17)16-7-8-21(25)20(12-16)23(29)26-18-5-2-6-19(13-18)30-14-22(28)32-31-10-9-27/h1-8,11-13,27H,9-10,14H2,(H,26,29). The molecule has 0 atom stereocenters. The van der Waals surface area contributed by atoms with Crippen LogP contribution in [0.25, 0.3) is 11.1 Å². The number of benzene rings is 3. The van der Waals surface area contributed by atoms with Crippen LogP contribution in [0, 0.1) is 11.6 Å². The van der Waals surface area contributed by atoms with Gasteiger partial charge in [-0.25, -0.2) is 13.6 Å². The molecule has 0 radical (unpaired) electrons.